The van der Waals surface area contributed by atoms with Crippen LogP contribution in [-0.4, -0.2) is 31.1 Å². The first-order valence-corrected chi connectivity index (χ1v) is 10.1. The van der Waals surface area contributed by atoms with Gasteiger partial charge in [0.05, 0.1) is 19.3 Å². The second-order valence-electron chi connectivity index (χ2n) is 6.98. The van der Waals surface area contributed by atoms with Gasteiger partial charge >= 0.3 is 5.97 Å². The first-order valence-electron chi connectivity index (χ1n) is 10.1. The van der Waals surface area contributed by atoms with Crippen LogP contribution in [0, 0.1) is 0 Å². The monoisotopic (exact) mass is 405 g/mol. The van der Waals surface area contributed by atoms with Crippen molar-refractivity contribution in [3.8, 4) is 16.9 Å². The molecule has 4 nitrogen and oxygen atoms in total. The molecule has 0 N–H and O–H groups in total. The lowest BCUT2D eigenvalue weighted by atomic mass is 10.1. The molecule has 2 rings (SSSR count). The fourth-order valence-electron chi connectivity index (χ4n) is 3.05. The van der Waals surface area contributed by atoms with Gasteiger partial charge in [-0.05, 0) is 36.6 Å². The lowest BCUT2D eigenvalue weighted by Gasteiger charge is -2.08. The zero-order valence-corrected chi connectivity index (χ0v) is 16.9. The quantitative estimate of drug-likeness (QED) is 0.290. The summed E-state index contributed by atoms with van der Waals surface area (Å²) >= 11 is 0. The van der Waals surface area contributed by atoms with Gasteiger partial charge in [0.25, 0.3) is 0 Å². The molecule has 1 aromatic heterocycles. The van der Waals surface area contributed by atoms with Crippen molar-refractivity contribution in [1.29, 1.82) is 0 Å². The van der Waals surface area contributed by atoms with Crippen molar-refractivity contribution in [2.45, 2.75) is 57.8 Å². The van der Waals surface area contributed by atoms with Crippen LogP contribution in [0.2, 0.25) is 0 Å². The Morgan fingerprint density at radius 2 is 1.59 bits per heavy atom. The average Bonchev–Trinajstić information content (AvgIpc) is 2.74. The third-order valence-electron chi connectivity index (χ3n) is 4.68. The van der Waals surface area contributed by atoms with Gasteiger partial charge in [0.2, 0.25) is 6.43 Å². The molecule has 1 aromatic carbocycles. The Balaban J connectivity index is 1.65. The van der Waals surface area contributed by atoms with Crippen LogP contribution in [0.4, 0.5) is 8.78 Å². The van der Waals surface area contributed by atoms with Crippen LogP contribution in [0.3, 0.4) is 0 Å². The Labute approximate surface area is 171 Å². The number of methoxy groups -OCH3 is 1. The summed E-state index contributed by atoms with van der Waals surface area (Å²) in [5, 5.41) is 0. The van der Waals surface area contributed by atoms with Crippen LogP contribution < -0.4 is 4.74 Å². The summed E-state index contributed by atoms with van der Waals surface area (Å²) in [4.78, 5) is 15.7. The maximum atomic E-state index is 12.0. The van der Waals surface area contributed by atoms with Gasteiger partial charge in [0.15, 0.2) is 0 Å². The molecule has 0 saturated carbocycles. The molecule has 2 aromatic rings. The van der Waals surface area contributed by atoms with Crippen LogP contribution in [0.1, 0.15) is 61.7 Å². The lowest BCUT2D eigenvalue weighted by Crippen LogP contribution is -2.01. The molecule has 0 saturated heterocycles. The lowest BCUT2D eigenvalue weighted by molar-refractivity contribution is 0.0600. The molecular formula is C23H29F2NO3. The third kappa shape index (κ3) is 8.59. The second kappa shape index (κ2) is 12.9. The van der Waals surface area contributed by atoms with Gasteiger partial charge in [-0.1, -0.05) is 44.2 Å². The number of alkyl halides is 2. The van der Waals surface area contributed by atoms with E-state index in [1.807, 2.05) is 24.3 Å². The molecule has 0 unspecified atom stereocenters. The number of esters is 1. The van der Waals surface area contributed by atoms with Crippen molar-refractivity contribution in [1.82, 2.24) is 4.98 Å². The number of halogens is 2. The minimum atomic E-state index is -2.16. The largest absolute Gasteiger partial charge is 0.494 e. The highest BCUT2D eigenvalue weighted by molar-refractivity contribution is 5.90. The van der Waals surface area contributed by atoms with E-state index < -0.39 is 12.4 Å². The van der Waals surface area contributed by atoms with E-state index in [1.54, 1.807) is 12.3 Å². The van der Waals surface area contributed by atoms with E-state index in [4.69, 9.17) is 9.47 Å². The summed E-state index contributed by atoms with van der Waals surface area (Å²) in [5.74, 6) is 0.394. The molecule has 0 bridgehead atoms. The van der Waals surface area contributed by atoms with Crippen molar-refractivity contribution in [3.05, 3.63) is 48.3 Å². The van der Waals surface area contributed by atoms with Gasteiger partial charge in [-0.3, -0.25) is 4.98 Å². The number of carbonyl (C=O) groups excluding carboxylic acids is 1. The topological polar surface area (TPSA) is 48.4 Å². The molecule has 158 valence electrons. The normalized spacial score (nSPS) is 10.9. The summed E-state index contributed by atoms with van der Waals surface area (Å²) in [6.45, 7) is 0.657. The van der Waals surface area contributed by atoms with Gasteiger partial charge in [-0.15, -0.1) is 0 Å². The molecule has 29 heavy (non-hydrogen) atoms. The fraction of sp³-hybridized carbons (Fsp3) is 0.478. The number of pyridine rings is 1. The van der Waals surface area contributed by atoms with Crippen molar-refractivity contribution in [3.63, 3.8) is 0 Å². The zero-order chi connectivity index (χ0) is 20.9. The molecule has 0 aliphatic carbocycles. The number of aromatic nitrogens is 1. The highest BCUT2D eigenvalue weighted by atomic mass is 19.3. The molecule has 0 radical (unpaired) electrons. The van der Waals surface area contributed by atoms with Crippen molar-refractivity contribution < 1.29 is 23.0 Å². The number of hydrogen-bond acceptors (Lipinski definition) is 4. The maximum absolute atomic E-state index is 12.0. The highest BCUT2D eigenvalue weighted by Gasteiger charge is 2.08. The van der Waals surface area contributed by atoms with Crippen LogP contribution in [0.15, 0.2) is 42.7 Å². The molecular weight excluding hydrogens is 376 g/mol. The Morgan fingerprint density at radius 1 is 0.931 bits per heavy atom. The van der Waals surface area contributed by atoms with Gasteiger partial charge in [0.1, 0.15) is 5.75 Å². The number of rotatable bonds is 13. The van der Waals surface area contributed by atoms with E-state index in [0.29, 0.717) is 18.6 Å². The SMILES string of the molecule is COC(=O)c1cncc(-c2ccc(OCCCCCCCCCC(F)F)cc2)c1. The Morgan fingerprint density at radius 3 is 2.24 bits per heavy atom. The minimum Gasteiger partial charge on any atom is -0.494 e. The van der Waals surface area contributed by atoms with Crippen molar-refractivity contribution in [2.24, 2.45) is 0 Å². The highest BCUT2D eigenvalue weighted by Crippen LogP contribution is 2.23. The molecule has 0 amide bonds. The Hall–Kier alpha value is -2.50. The van der Waals surface area contributed by atoms with E-state index in [1.165, 1.54) is 13.3 Å². The predicted octanol–water partition coefficient (Wildman–Crippen LogP) is 6.30. The third-order valence-corrected chi connectivity index (χ3v) is 4.68. The molecule has 1 heterocycles. The van der Waals surface area contributed by atoms with Crippen LogP contribution in [0.25, 0.3) is 11.1 Å². The number of benzene rings is 1. The molecule has 0 aliphatic rings. The van der Waals surface area contributed by atoms with Crippen LogP contribution >= 0.6 is 0 Å². The van der Waals surface area contributed by atoms with Crippen molar-refractivity contribution >= 4 is 5.97 Å². The van der Waals surface area contributed by atoms with E-state index in [0.717, 1.165) is 55.4 Å². The molecule has 0 spiro atoms. The minimum absolute atomic E-state index is 0.0276. The number of nitrogens with zero attached hydrogens (tertiary/aromatic N) is 1. The van der Waals surface area contributed by atoms with Crippen LogP contribution in [0.5, 0.6) is 5.75 Å². The van der Waals surface area contributed by atoms with Gasteiger partial charge in [0, 0.05) is 24.4 Å². The van der Waals surface area contributed by atoms with Gasteiger partial charge < -0.3 is 9.47 Å². The average molecular weight is 405 g/mol. The first-order chi connectivity index (χ1) is 14.1. The van der Waals surface area contributed by atoms with Gasteiger partial charge in [-0.2, -0.15) is 0 Å². The number of ether oxygens (including phenoxy) is 2. The van der Waals surface area contributed by atoms with Crippen molar-refractivity contribution in [2.75, 3.05) is 13.7 Å². The summed E-state index contributed by atoms with van der Waals surface area (Å²) in [6.07, 6.45) is 7.86. The van der Waals surface area contributed by atoms with E-state index >= 15 is 0 Å². The first kappa shape index (κ1) is 22.8. The molecule has 0 atom stereocenters. The number of unbranched alkanes of at least 4 members (excludes halogenated alkanes) is 6. The molecule has 6 heteroatoms. The fourth-order valence-corrected chi connectivity index (χ4v) is 3.05. The molecule has 0 aliphatic heterocycles. The number of hydrogen-bond donors (Lipinski definition) is 0. The summed E-state index contributed by atoms with van der Waals surface area (Å²) < 4.78 is 34.5. The zero-order valence-electron chi connectivity index (χ0n) is 16.9. The maximum Gasteiger partial charge on any atom is 0.339 e. The van der Waals surface area contributed by atoms with E-state index in [-0.39, 0.29) is 6.42 Å². The van der Waals surface area contributed by atoms with E-state index in [9.17, 15) is 13.6 Å². The summed E-state index contributed by atoms with van der Waals surface area (Å²) in [5.41, 5.74) is 2.20. The second-order valence-corrected chi connectivity index (χ2v) is 6.98. The summed E-state index contributed by atoms with van der Waals surface area (Å²) in [7, 11) is 1.35. The Kier molecular flexibility index (Phi) is 10.1. The molecule has 0 fully saturated rings. The van der Waals surface area contributed by atoms with Gasteiger partial charge in [-0.25, -0.2) is 13.6 Å². The van der Waals surface area contributed by atoms with E-state index in [2.05, 4.69) is 4.98 Å². The van der Waals surface area contributed by atoms with Crippen LogP contribution in [-0.2, 0) is 4.74 Å². The smallest absolute Gasteiger partial charge is 0.339 e. The standard InChI is InChI=1S/C23H29F2NO3/c1-28-23(27)20-15-19(16-26-17-20)18-10-12-21(13-11-18)29-14-8-6-4-2-3-5-7-9-22(24)25/h10-13,15-17,22H,2-9,14H2,1H3. The predicted molar refractivity (Wildman–Crippen MR) is 109 cm³/mol. The Bertz CT molecular complexity index is 735. The summed E-state index contributed by atoms with van der Waals surface area (Å²) in [6, 6.07) is 9.44. The number of carbonyl (C=O) groups is 1.